The standard InChI is InChI=1S/C19H13ClN6O2S/c1-10(27)21-13-5-2-11(3-6-13)15-9-29-19-24-17(25-26(15)19)23-18-22-14-8-12(20)4-7-16(14)28-18/h2-9H,1H3,(H,21,27)(H,22,23,25). The molecule has 144 valence electrons. The number of amides is 1. The Balaban J connectivity index is 1.43. The molecule has 3 aromatic heterocycles. The molecule has 8 nitrogen and oxygen atoms in total. The van der Waals surface area contributed by atoms with Crippen LogP contribution in [-0.2, 0) is 4.79 Å². The Morgan fingerprint density at radius 3 is 2.79 bits per heavy atom. The number of halogens is 1. The van der Waals surface area contributed by atoms with Crippen LogP contribution >= 0.6 is 22.9 Å². The van der Waals surface area contributed by atoms with Crippen molar-refractivity contribution in [3.63, 3.8) is 0 Å². The van der Waals surface area contributed by atoms with E-state index in [1.54, 1.807) is 22.7 Å². The van der Waals surface area contributed by atoms with Gasteiger partial charge in [0.15, 0.2) is 5.58 Å². The van der Waals surface area contributed by atoms with Crippen molar-refractivity contribution >= 4 is 62.6 Å². The van der Waals surface area contributed by atoms with Gasteiger partial charge in [0.25, 0.3) is 5.95 Å². The van der Waals surface area contributed by atoms with Gasteiger partial charge in [-0.25, -0.2) is 4.52 Å². The summed E-state index contributed by atoms with van der Waals surface area (Å²) in [5.74, 6) is 0.273. The number of nitrogens with zero attached hydrogens (tertiary/aromatic N) is 4. The fourth-order valence-corrected chi connectivity index (χ4v) is 3.91. The fourth-order valence-electron chi connectivity index (χ4n) is 2.91. The van der Waals surface area contributed by atoms with Gasteiger partial charge in [0, 0.05) is 28.6 Å². The summed E-state index contributed by atoms with van der Waals surface area (Å²) in [7, 11) is 0. The second-order valence-corrected chi connectivity index (χ2v) is 7.54. The van der Waals surface area contributed by atoms with E-state index in [1.807, 2.05) is 29.6 Å². The van der Waals surface area contributed by atoms with Gasteiger partial charge in [0.05, 0.1) is 5.69 Å². The van der Waals surface area contributed by atoms with Crippen LogP contribution in [0.3, 0.4) is 0 Å². The maximum absolute atomic E-state index is 11.2. The van der Waals surface area contributed by atoms with Crippen molar-refractivity contribution in [2.24, 2.45) is 0 Å². The van der Waals surface area contributed by atoms with Crippen LogP contribution in [0.1, 0.15) is 6.92 Å². The molecule has 0 spiro atoms. The van der Waals surface area contributed by atoms with Gasteiger partial charge in [-0.3, -0.25) is 10.1 Å². The van der Waals surface area contributed by atoms with Crippen LogP contribution in [0.2, 0.25) is 5.02 Å². The maximum atomic E-state index is 11.2. The number of hydrogen-bond donors (Lipinski definition) is 2. The number of benzene rings is 2. The van der Waals surface area contributed by atoms with Crippen LogP contribution in [-0.4, -0.2) is 25.5 Å². The Labute approximate surface area is 173 Å². The van der Waals surface area contributed by atoms with E-state index in [9.17, 15) is 4.79 Å². The number of oxazole rings is 1. The van der Waals surface area contributed by atoms with Gasteiger partial charge in [0.1, 0.15) is 5.52 Å². The quantitative estimate of drug-likeness (QED) is 0.423. The van der Waals surface area contributed by atoms with Crippen molar-refractivity contribution in [2.45, 2.75) is 6.92 Å². The zero-order valence-electron chi connectivity index (χ0n) is 15.0. The average molecular weight is 425 g/mol. The second kappa shape index (κ2) is 6.87. The Kier molecular flexibility index (Phi) is 4.18. The van der Waals surface area contributed by atoms with Crippen molar-refractivity contribution in [3.8, 4) is 11.3 Å². The van der Waals surface area contributed by atoms with Crippen LogP contribution in [0.15, 0.2) is 52.3 Å². The molecule has 2 N–H and O–H groups in total. The van der Waals surface area contributed by atoms with Gasteiger partial charge in [-0.05, 0) is 30.3 Å². The van der Waals surface area contributed by atoms with Crippen molar-refractivity contribution < 1.29 is 9.21 Å². The second-order valence-electron chi connectivity index (χ2n) is 6.27. The SMILES string of the molecule is CC(=O)Nc1ccc(-c2csc3nc(Nc4nc5cc(Cl)ccc5o4)nn23)cc1. The average Bonchev–Trinajstić information content (AvgIpc) is 3.35. The van der Waals surface area contributed by atoms with Gasteiger partial charge in [-0.1, -0.05) is 23.7 Å². The predicted molar refractivity (Wildman–Crippen MR) is 113 cm³/mol. The van der Waals surface area contributed by atoms with Gasteiger partial charge in [-0.2, -0.15) is 9.97 Å². The van der Waals surface area contributed by atoms with Gasteiger partial charge in [0.2, 0.25) is 10.9 Å². The molecule has 0 aliphatic heterocycles. The lowest BCUT2D eigenvalue weighted by Crippen LogP contribution is -2.05. The molecule has 0 bridgehead atoms. The molecule has 0 radical (unpaired) electrons. The lowest BCUT2D eigenvalue weighted by Gasteiger charge is -2.03. The minimum Gasteiger partial charge on any atom is -0.423 e. The molecule has 0 unspecified atom stereocenters. The molecular weight excluding hydrogens is 412 g/mol. The molecule has 10 heteroatoms. The Morgan fingerprint density at radius 1 is 1.17 bits per heavy atom. The Hall–Kier alpha value is -3.43. The third-order valence-electron chi connectivity index (χ3n) is 4.15. The number of aromatic nitrogens is 4. The minimum atomic E-state index is -0.107. The number of carbonyl (C=O) groups is 1. The highest BCUT2D eigenvalue weighted by molar-refractivity contribution is 7.15. The lowest BCUT2D eigenvalue weighted by atomic mass is 10.1. The number of nitrogens with one attached hydrogen (secondary N) is 2. The molecule has 5 rings (SSSR count). The van der Waals surface area contributed by atoms with Gasteiger partial charge >= 0.3 is 6.01 Å². The van der Waals surface area contributed by atoms with E-state index in [4.69, 9.17) is 16.0 Å². The van der Waals surface area contributed by atoms with Gasteiger partial charge < -0.3 is 9.73 Å². The number of carbonyl (C=O) groups excluding carboxylic acids is 1. The summed E-state index contributed by atoms with van der Waals surface area (Å²) in [5.41, 5.74) is 3.87. The first-order chi connectivity index (χ1) is 14.0. The first kappa shape index (κ1) is 17.7. The van der Waals surface area contributed by atoms with Crippen molar-refractivity contribution in [1.29, 1.82) is 0 Å². The molecule has 29 heavy (non-hydrogen) atoms. The van der Waals surface area contributed by atoms with Crippen LogP contribution in [0.4, 0.5) is 17.7 Å². The predicted octanol–water partition coefficient (Wildman–Crippen LogP) is 4.95. The lowest BCUT2D eigenvalue weighted by molar-refractivity contribution is -0.114. The normalized spacial score (nSPS) is 11.2. The Morgan fingerprint density at radius 2 is 2.00 bits per heavy atom. The maximum Gasteiger partial charge on any atom is 0.302 e. The summed E-state index contributed by atoms with van der Waals surface area (Å²) in [6.07, 6.45) is 0. The number of fused-ring (bicyclic) bond motifs is 2. The third kappa shape index (κ3) is 3.41. The number of anilines is 3. The molecular formula is C19H13ClN6O2S. The summed E-state index contributed by atoms with van der Waals surface area (Å²) in [6, 6.07) is 13.1. The number of rotatable bonds is 4. The molecule has 1 amide bonds. The van der Waals surface area contributed by atoms with Crippen LogP contribution in [0, 0.1) is 0 Å². The highest BCUT2D eigenvalue weighted by atomic mass is 35.5. The number of hydrogen-bond acceptors (Lipinski definition) is 7. The van der Waals surface area contributed by atoms with Gasteiger partial charge in [-0.15, -0.1) is 16.4 Å². The van der Waals surface area contributed by atoms with Crippen molar-refractivity contribution in [2.75, 3.05) is 10.6 Å². The zero-order chi connectivity index (χ0) is 20.0. The summed E-state index contributed by atoms with van der Waals surface area (Å²) < 4.78 is 7.41. The van der Waals surface area contributed by atoms with E-state index in [1.165, 1.54) is 18.3 Å². The molecule has 0 saturated heterocycles. The monoisotopic (exact) mass is 424 g/mol. The molecule has 3 heterocycles. The summed E-state index contributed by atoms with van der Waals surface area (Å²) >= 11 is 7.46. The van der Waals surface area contributed by atoms with Crippen molar-refractivity contribution in [1.82, 2.24) is 19.6 Å². The molecule has 0 aliphatic rings. The van der Waals surface area contributed by atoms with E-state index in [-0.39, 0.29) is 5.91 Å². The molecule has 0 saturated carbocycles. The molecule has 0 aliphatic carbocycles. The highest BCUT2D eigenvalue weighted by Gasteiger charge is 2.14. The largest absolute Gasteiger partial charge is 0.423 e. The van der Waals surface area contributed by atoms with E-state index in [0.29, 0.717) is 28.1 Å². The Bertz CT molecular complexity index is 1350. The summed E-state index contributed by atoms with van der Waals surface area (Å²) in [6.45, 7) is 1.48. The first-order valence-corrected chi connectivity index (χ1v) is 9.86. The minimum absolute atomic E-state index is 0.107. The van der Waals surface area contributed by atoms with Crippen LogP contribution < -0.4 is 10.6 Å². The summed E-state index contributed by atoms with van der Waals surface area (Å²) in [5, 5.41) is 12.8. The third-order valence-corrected chi connectivity index (χ3v) is 5.20. The molecule has 5 aromatic rings. The highest BCUT2D eigenvalue weighted by Crippen LogP contribution is 2.28. The summed E-state index contributed by atoms with van der Waals surface area (Å²) in [4.78, 5) is 20.7. The van der Waals surface area contributed by atoms with E-state index in [0.717, 1.165) is 21.9 Å². The molecule has 2 aromatic carbocycles. The molecule has 0 atom stereocenters. The topological polar surface area (TPSA) is 97.3 Å². The van der Waals surface area contributed by atoms with E-state index in [2.05, 4.69) is 25.7 Å². The molecule has 0 fully saturated rings. The zero-order valence-corrected chi connectivity index (χ0v) is 16.6. The van der Waals surface area contributed by atoms with E-state index >= 15 is 0 Å². The smallest absolute Gasteiger partial charge is 0.302 e. The number of thiazole rings is 1. The van der Waals surface area contributed by atoms with Crippen LogP contribution in [0.25, 0.3) is 27.3 Å². The van der Waals surface area contributed by atoms with E-state index < -0.39 is 0 Å². The van der Waals surface area contributed by atoms with Crippen LogP contribution in [0.5, 0.6) is 0 Å². The first-order valence-electron chi connectivity index (χ1n) is 8.60. The fraction of sp³-hybridized carbons (Fsp3) is 0.0526. The van der Waals surface area contributed by atoms with Crippen molar-refractivity contribution in [3.05, 3.63) is 52.9 Å².